The van der Waals surface area contributed by atoms with E-state index in [4.69, 9.17) is 23.2 Å². The summed E-state index contributed by atoms with van der Waals surface area (Å²) in [6, 6.07) is 20.6. The molecular weight excluding hydrogens is 557 g/mol. The molecule has 0 bridgehead atoms. The SMILES string of the molecule is CCC(C(=O)NC(C)(C)C)N(Cc1ccccc1)C(=O)CN(c1cc(Cl)ccc1Cl)S(=O)(=O)c1ccccc1. The van der Waals surface area contributed by atoms with Gasteiger partial charge in [-0.05, 0) is 63.1 Å². The van der Waals surface area contributed by atoms with Crippen LogP contribution in [0.5, 0.6) is 0 Å². The first-order valence-electron chi connectivity index (χ1n) is 12.5. The van der Waals surface area contributed by atoms with Gasteiger partial charge in [-0.15, -0.1) is 0 Å². The van der Waals surface area contributed by atoms with E-state index < -0.39 is 34.1 Å². The minimum atomic E-state index is -4.23. The molecule has 3 aromatic carbocycles. The van der Waals surface area contributed by atoms with Crippen LogP contribution in [0.3, 0.4) is 0 Å². The highest BCUT2D eigenvalue weighted by Crippen LogP contribution is 2.33. The fraction of sp³-hybridized carbons (Fsp3) is 0.310. The second-order valence-electron chi connectivity index (χ2n) is 10.1. The molecule has 1 atom stereocenters. The zero-order valence-corrected chi connectivity index (χ0v) is 24.7. The van der Waals surface area contributed by atoms with Crippen LogP contribution in [0.4, 0.5) is 5.69 Å². The van der Waals surface area contributed by atoms with E-state index in [0.29, 0.717) is 6.42 Å². The largest absolute Gasteiger partial charge is 0.350 e. The number of hydrogen-bond acceptors (Lipinski definition) is 4. The van der Waals surface area contributed by atoms with Gasteiger partial charge < -0.3 is 10.2 Å². The number of carbonyl (C=O) groups is 2. The van der Waals surface area contributed by atoms with Gasteiger partial charge in [0.2, 0.25) is 11.8 Å². The Morgan fingerprint density at radius 3 is 2.08 bits per heavy atom. The van der Waals surface area contributed by atoms with Gasteiger partial charge in [-0.1, -0.05) is 78.7 Å². The van der Waals surface area contributed by atoms with Crippen molar-refractivity contribution < 1.29 is 18.0 Å². The third-order valence-corrected chi connectivity index (χ3v) is 8.20. The number of nitrogens with zero attached hydrogens (tertiary/aromatic N) is 2. The van der Waals surface area contributed by atoms with Gasteiger partial charge in [0.25, 0.3) is 10.0 Å². The van der Waals surface area contributed by atoms with Crippen LogP contribution in [0, 0.1) is 0 Å². The molecule has 0 aliphatic carbocycles. The average Bonchev–Trinajstić information content (AvgIpc) is 2.88. The maximum Gasteiger partial charge on any atom is 0.264 e. The fourth-order valence-corrected chi connectivity index (χ4v) is 5.94. The number of halogens is 2. The van der Waals surface area contributed by atoms with Gasteiger partial charge >= 0.3 is 0 Å². The Kier molecular flexibility index (Phi) is 10.0. The molecule has 10 heteroatoms. The smallest absolute Gasteiger partial charge is 0.264 e. The molecule has 0 aliphatic rings. The van der Waals surface area contributed by atoms with Gasteiger partial charge in [0.1, 0.15) is 12.6 Å². The van der Waals surface area contributed by atoms with E-state index in [2.05, 4.69) is 5.32 Å². The Morgan fingerprint density at radius 2 is 1.51 bits per heavy atom. The third kappa shape index (κ3) is 7.97. The molecule has 0 heterocycles. The van der Waals surface area contributed by atoms with Crippen LogP contribution >= 0.6 is 23.2 Å². The van der Waals surface area contributed by atoms with Crippen molar-refractivity contribution in [1.29, 1.82) is 0 Å². The number of carbonyl (C=O) groups excluding carboxylic acids is 2. The molecule has 208 valence electrons. The molecule has 3 rings (SSSR count). The number of anilines is 1. The lowest BCUT2D eigenvalue weighted by molar-refractivity contribution is -0.141. The normalized spacial score (nSPS) is 12.5. The van der Waals surface area contributed by atoms with E-state index in [9.17, 15) is 18.0 Å². The van der Waals surface area contributed by atoms with Crippen molar-refractivity contribution >= 4 is 50.7 Å². The highest BCUT2D eigenvalue weighted by atomic mass is 35.5. The number of rotatable bonds is 10. The summed E-state index contributed by atoms with van der Waals surface area (Å²) >= 11 is 12.6. The number of amides is 2. The first-order chi connectivity index (χ1) is 18.3. The zero-order chi connectivity index (χ0) is 28.8. The lowest BCUT2D eigenvalue weighted by Gasteiger charge is -2.35. The first kappa shape index (κ1) is 30.5. The number of hydrogen-bond donors (Lipinski definition) is 1. The molecule has 7 nitrogen and oxygen atoms in total. The Hall–Kier alpha value is -3.07. The van der Waals surface area contributed by atoms with Gasteiger partial charge in [-0.2, -0.15) is 0 Å². The van der Waals surface area contributed by atoms with Crippen molar-refractivity contribution in [1.82, 2.24) is 10.2 Å². The molecule has 1 unspecified atom stereocenters. The van der Waals surface area contributed by atoms with Crippen LogP contribution in [0.25, 0.3) is 0 Å². The molecule has 1 N–H and O–H groups in total. The monoisotopic (exact) mass is 589 g/mol. The lowest BCUT2D eigenvalue weighted by Crippen LogP contribution is -2.55. The number of benzene rings is 3. The highest BCUT2D eigenvalue weighted by Gasteiger charge is 2.35. The Balaban J connectivity index is 2.09. The van der Waals surface area contributed by atoms with Gasteiger partial charge in [0.15, 0.2) is 0 Å². The van der Waals surface area contributed by atoms with Crippen molar-refractivity contribution in [2.45, 2.75) is 57.1 Å². The standard InChI is InChI=1S/C29H33Cl2N3O4S/c1-5-25(28(36)32-29(2,3)4)33(19-21-12-8-6-9-13-21)27(35)20-34(26-18-22(30)16-17-24(26)31)39(37,38)23-14-10-7-11-15-23/h6-18,25H,5,19-20H2,1-4H3,(H,32,36). The molecule has 0 aromatic heterocycles. The van der Waals surface area contributed by atoms with Crippen molar-refractivity contribution in [2.24, 2.45) is 0 Å². The molecule has 0 fully saturated rings. The van der Waals surface area contributed by atoms with Crippen LogP contribution in [0.1, 0.15) is 39.7 Å². The molecule has 2 amide bonds. The molecule has 0 radical (unpaired) electrons. The number of sulfonamides is 1. The highest BCUT2D eigenvalue weighted by molar-refractivity contribution is 7.92. The molecule has 0 aliphatic heterocycles. The summed E-state index contributed by atoms with van der Waals surface area (Å²) in [5.41, 5.74) is 0.336. The van der Waals surface area contributed by atoms with E-state index >= 15 is 0 Å². The van der Waals surface area contributed by atoms with E-state index in [0.717, 1.165) is 9.87 Å². The minimum Gasteiger partial charge on any atom is -0.350 e. The summed E-state index contributed by atoms with van der Waals surface area (Å²) < 4.78 is 28.6. The molecule has 3 aromatic rings. The van der Waals surface area contributed by atoms with Gasteiger partial charge in [0.05, 0.1) is 15.6 Å². The van der Waals surface area contributed by atoms with Crippen LogP contribution in [0.15, 0.2) is 83.8 Å². The number of nitrogens with one attached hydrogen (secondary N) is 1. The molecule has 0 saturated heterocycles. The molecule has 0 saturated carbocycles. The third-order valence-electron chi connectivity index (χ3n) is 5.87. The van der Waals surface area contributed by atoms with Crippen molar-refractivity contribution in [2.75, 3.05) is 10.8 Å². The summed E-state index contributed by atoms with van der Waals surface area (Å²) in [7, 11) is -4.23. The van der Waals surface area contributed by atoms with E-state index in [1.807, 2.05) is 58.0 Å². The van der Waals surface area contributed by atoms with Crippen molar-refractivity contribution in [3.05, 3.63) is 94.5 Å². The van der Waals surface area contributed by atoms with Crippen molar-refractivity contribution in [3.63, 3.8) is 0 Å². The summed E-state index contributed by atoms with van der Waals surface area (Å²) in [4.78, 5) is 28.8. The fourth-order valence-electron chi connectivity index (χ4n) is 4.06. The first-order valence-corrected chi connectivity index (χ1v) is 14.7. The van der Waals surface area contributed by atoms with E-state index in [-0.39, 0.29) is 33.1 Å². The quantitative estimate of drug-likeness (QED) is 0.318. The van der Waals surface area contributed by atoms with E-state index in [1.54, 1.807) is 18.2 Å². The second kappa shape index (κ2) is 12.9. The summed E-state index contributed by atoms with van der Waals surface area (Å²) in [5.74, 6) is -0.891. The Morgan fingerprint density at radius 1 is 0.923 bits per heavy atom. The van der Waals surface area contributed by atoms with Gasteiger partial charge in [-0.25, -0.2) is 8.42 Å². The maximum absolute atomic E-state index is 14.0. The summed E-state index contributed by atoms with van der Waals surface area (Å²) in [5, 5.41) is 3.31. The Bertz CT molecular complexity index is 1400. The van der Waals surface area contributed by atoms with Crippen LogP contribution < -0.4 is 9.62 Å². The summed E-state index contributed by atoms with van der Waals surface area (Å²) in [6.07, 6.45) is 0.323. The van der Waals surface area contributed by atoms with Crippen LogP contribution in [-0.2, 0) is 26.2 Å². The zero-order valence-electron chi connectivity index (χ0n) is 22.4. The maximum atomic E-state index is 14.0. The summed E-state index contributed by atoms with van der Waals surface area (Å²) in [6.45, 7) is 6.90. The second-order valence-corrected chi connectivity index (χ2v) is 12.8. The molecular formula is C29H33Cl2N3O4S. The molecule has 0 spiro atoms. The lowest BCUT2D eigenvalue weighted by atomic mass is 10.1. The average molecular weight is 591 g/mol. The van der Waals surface area contributed by atoms with Crippen molar-refractivity contribution in [3.8, 4) is 0 Å². The van der Waals surface area contributed by atoms with Crippen LogP contribution in [-0.4, -0.2) is 43.3 Å². The molecule has 39 heavy (non-hydrogen) atoms. The minimum absolute atomic E-state index is 0.0130. The predicted molar refractivity (Wildman–Crippen MR) is 156 cm³/mol. The van der Waals surface area contributed by atoms with Crippen LogP contribution in [0.2, 0.25) is 10.0 Å². The predicted octanol–water partition coefficient (Wildman–Crippen LogP) is 5.91. The topological polar surface area (TPSA) is 86.8 Å². The van der Waals surface area contributed by atoms with Gasteiger partial charge in [0, 0.05) is 17.1 Å². The van der Waals surface area contributed by atoms with E-state index in [1.165, 1.54) is 35.2 Å². The van der Waals surface area contributed by atoms with Gasteiger partial charge in [-0.3, -0.25) is 13.9 Å². The Labute approximate surface area is 240 Å².